The number of ether oxygens (including phenoxy) is 3. The number of aromatic nitrogens is 2. The second-order valence-electron chi connectivity index (χ2n) is 4.52. The van der Waals surface area contributed by atoms with E-state index in [0.29, 0.717) is 13.0 Å². The second-order valence-corrected chi connectivity index (χ2v) is 5.38. The van der Waals surface area contributed by atoms with E-state index in [1.165, 1.54) is 17.7 Å². The molecule has 0 saturated carbocycles. The molecular formula is C12H15BrN2O6. The van der Waals surface area contributed by atoms with E-state index in [4.69, 9.17) is 14.2 Å². The predicted molar refractivity (Wildman–Crippen MR) is 75.0 cm³/mol. The summed E-state index contributed by atoms with van der Waals surface area (Å²) in [6.07, 6.45) is 0.738. The molecule has 0 radical (unpaired) electrons. The van der Waals surface area contributed by atoms with Gasteiger partial charge in [-0.25, -0.2) is 4.79 Å². The summed E-state index contributed by atoms with van der Waals surface area (Å²) in [7, 11) is 0. The topological polar surface area (TPSA) is 99.6 Å². The van der Waals surface area contributed by atoms with Crippen LogP contribution in [-0.4, -0.2) is 41.4 Å². The summed E-state index contributed by atoms with van der Waals surface area (Å²) in [6.45, 7) is 2.01. The van der Waals surface area contributed by atoms with Crippen LogP contribution in [0, 0.1) is 0 Å². The van der Waals surface area contributed by atoms with Crippen molar-refractivity contribution in [2.45, 2.75) is 25.7 Å². The maximum absolute atomic E-state index is 11.9. The highest BCUT2D eigenvalue weighted by molar-refractivity contribution is 9.10. The third kappa shape index (κ3) is 4.26. The number of hydrogen-bond donors (Lipinski definition) is 1. The molecule has 1 aromatic rings. The van der Waals surface area contributed by atoms with Gasteiger partial charge in [-0.05, 0) is 15.9 Å². The molecule has 0 amide bonds. The van der Waals surface area contributed by atoms with Crippen molar-refractivity contribution in [1.29, 1.82) is 0 Å². The van der Waals surface area contributed by atoms with Crippen molar-refractivity contribution in [3.8, 4) is 0 Å². The van der Waals surface area contributed by atoms with Crippen molar-refractivity contribution >= 4 is 21.9 Å². The molecular weight excluding hydrogens is 348 g/mol. The lowest BCUT2D eigenvalue weighted by Gasteiger charge is -2.22. The highest BCUT2D eigenvalue weighted by Gasteiger charge is 2.24. The number of nitrogens with zero attached hydrogens (tertiary/aromatic N) is 1. The maximum Gasteiger partial charge on any atom is 0.330 e. The monoisotopic (exact) mass is 362 g/mol. The predicted octanol–water partition coefficient (Wildman–Crippen LogP) is 0.166. The Labute approximate surface area is 128 Å². The molecule has 0 aliphatic carbocycles. The van der Waals surface area contributed by atoms with E-state index in [1.807, 2.05) is 0 Å². The lowest BCUT2D eigenvalue weighted by atomic mass is 10.3. The van der Waals surface area contributed by atoms with Crippen molar-refractivity contribution in [1.82, 2.24) is 9.55 Å². The zero-order chi connectivity index (χ0) is 15.4. The minimum absolute atomic E-state index is 0.0467. The molecule has 8 nitrogen and oxygen atoms in total. The fraction of sp³-hybridized carbons (Fsp3) is 0.583. The molecule has 1 aliphatic rings. The van der Waals surface area contributed by atoms with Gasteiger partial charge >= 0.3 is 11.7 Å². The zero-order valence-electron chi connectivity index (χ0n) is 11.3. The van der Waals surface area contributed by atoms with Crippen molar-refractivity contribution in [2.24, 2.45) is 0 Å². The molecule has 1 saturated heterocycles. The minimum Gasteiger partial charge on any atom is -0.463 e. The Hall–Kier alpha value is -1.45. The second kappa shape index (κ2) is 7.01. The Morgan fingerprint density at radius 1 is 1.57 bits per heavy atom. The summed E-state index contributed by atoms with van der Waals surface area (Å²) >= 11 is 3.07. The summed E-state index contributed by atoms with van der Waals surface area (Å²) < 4.78 is 17.5. The van der Waals surface area contributed by atoms with Crippen LogP contribution >= 0.6 is 15.9 Å². The van der Waals surface area contributed by atoms with Crippen LogP contribution in [0.15, 0.2) is 20.3 Å². The van der Waals surface area contributed by atoms with Crippen LogP contribution < -0.4 is 11.2 Å². The van der Waals surface area contributed by atoms with E-state index < -0.39 is 29.6 Å². The molecule has 9 heteroatoms. The normalized spacial score (nSPS) is 22.6. The van der Waals surface area contributed by atoms with Gasteiger partial charge < -0.3 is 14.2 Å². The zero-order valence-corrected chi connectivity index (χ0v) is 12.9. The summed E-state index contributed by atoms with van der Waals surface area (Å²) in [5.74, 6) is -0.414. The number of aromatic amines is 1. The van der Waals surface area contributed by atoms with Gasteiger partial charge in [-0.2, -0.15) is 0 Å². The smallest absolute Gasteiger partial charge is 0.330 e. The summed E-state index contributed by atoms with van der Waals surface area (Å²) in [5, 5.41) is 0. The van der Waals surface area contributed by atoms with Crippen LogP contribution in [-0.2, 0) is 19.0 Å². The Bertz CT molecular complexity index is 625. The largest absolute Gasteiger partial charge is 0.463 e. The van der Waals surface area contributed by atoms with Gasteiger partial charge in [0.2, 0.25) is 0 Å². The molecule has 116 valence electrons. The van der Waals surface area contributed by atoms with E-state index >= 15 is 0 Å². The van der Waals surface area contributed by atoms with E-state index in [2.05, 4.69) is 20.9 Å². The standard InChI is InChI=1S/C12H15BrN2O6/c1-7(16)20-6-8-5-19-3-2-10(21-8)15-4-9(13)11(17)14-12(15)18/h4,8,10H,2-3,5-6H2,1H3,(H,14,17,18)/t8-,10+/m0/s1. The number of carbonyl (C=O) groups excluding carboxylic acids is 1. The molecule has 1 fully saturated rings. The highest BCUT2D eigenvalue weighted by atomic mass is 79.9. The first-order valence-electron chi connectivity index (χ1n) is 6.35. The van der Waals surface area contributed by atoms with Gasteiger partial charge in [0.15, 0.2) is 0 Å². The molecule has 0 aromatic carbocycles. The van der Waals surface area contributed by atoms with Crippen molar-refractivity contribution in [3.05, 3.63) is 31.5 Å². The lowest BCUT2D eigenvalue weighted by Crippen LogP contribution is -2.35. The molecule has 21 heavy (non-hydrogen) atoms. The molecule has 1 N–H and O–H groups in total. The van der Waals surface area contributed by atoms with E-state index in [1.54, 1.807) is 0 Å². The molecule has 0 spiro atoms. The minimum atomic E-state index is -0.603. The molecule has 2 rings (SSSR count). The van der Waals surface area contributed by atoms with Gasteiger partial charge in [0, 0.05) is 19.5 Å². The quantitative estimate of drug-likeness (QED) is 0.769. The van der Waals surface area contributed by atoms with Gasteiger partial charge in [-0.3, -0.25) is 19.1 Å². The molecule has 0 unspecified atom stereocenters. The van der Waals surface area contributed by atoms with Gasteiger partial charge in [0.1, 0.15) is 18.9 Å². The van der Waals surface area contributed by atoms with Crippen LogP contribution in [0.5, 0.6) is 0 Å². The van der Waals surface area contributed by atoms with E-state index in [-0.39, 0.29) is 17.7 Å². The number of nitrogens with one attached hydrogen (secondary N) is 1. The number of esters is 1. The van der Waals surface area contributed by atoms with Crippen molar-refractivity contribution in [3.63, 3.8) is 0 Å². The van der Waals surface area contributed by atoms with Crippen LogP contribution in [0.3, 0.4) is 0 Å². The maximum atomic E-state index is 11.9. The number of rotatable bonds is 3. The number of H-pyrrole nitrogens is 1. The third-order valence-electron chi connectivity index (χ3n) is 2.87. The van der Waals surface area contributed by atoms with Crippen molar-refractivity contribution < 1.29 is 19.0 Å². The molecule has 1 aliphatic heterocycles. The molecule has 0 bridgehead atoms. The Morgan fingerprint density at radius 3 is 3.05 bits per heavy atom. The first-order chi connectivity index (χ1) is 9.97. The first kappa shape index (κ1) is 15.9. The lowest BCUT2D eigenvalue weighted by molar-refractivity contribution is -0.149. The Morgan fingerprint density at radius 2 is 2.33 bits per heavy atom. The Balaban J connectivity index is 2.18. The number of carbonyl (C=O) groups is 1. The van der Waals surface area contributed by atoms with Crippen LogP contribution in [0.2, 0.25) is 0 Å². The van der Waals surface area contributed by atoms with E-state index in [0.717, 1.165) is 0 Å². The fourth-order valence-corrected chi connectivity index (χ4v) is 2.23. The summed E-state index contributed by atoms with van der Waals surface area (Å²) in [5.41, 5.74) is -1.07. The van der Waals surface area contributed by atoms with E-state index in [9.17, 15) is 14.4 Å². The number of hydrogen-bond acceptors (Lipinski definition) is 6. The average molecular weight is 363 g/mol. The van der Waals surface area contributed by atoms with Gasteiger partial charge in [0.05, 0.1) is 17.7 Å². The SMILES string of the molecule is CC(=O)OC[C@@H]1COCC[C@H](n2cc(Br)c(=O)[nH]c2=O)O1. The first-order valence-corrected chi connectivity index (χ1v) is 7.14. The van der Waals surface area contributed by atoms with Gasteiger partial charge in [-0.15, -0.1) is 0 Å². The summed E-state index contributed by atoms with van der Waals surface area (Å²) in [6, 6.07) is 0. The third-order valence-corrected chi connectivity index (χ3v) is 3.43. The molecule has 2 atom stereocenters. The van der Waals surface area contributed by atoms with Crippen molar-refractivity contribution in [2.75, 3.05) is 19.8 Å². The van der Waals surface area contributed by atoms with Crippen LogP contribution in [0.25, 0.3) is 0 Å². The molecule has 2 heterocycles. The summed E-state index contributed by atoms with van der Waals surface area (Å²) in [4.78, 5) is 36.2. The molecule has 1 aromatic heterocycles. The fourth-order valence-electron chi connectivity index (χ4n) is 1.91. The highest BCUT2D eigenvalue weighted by Crippen LogP contribution is 2.19. The average Bonchev–Trinajstić information content (AvgIpc) is 2.66. The van der Waals surface area contributed by atoms with Crippen LogP contribution in [0.4, 0.5) is 0 Å². The van der Waals surface area contributed by atoms with Gasteiger partial charge in [0.25, 0.3) is 5.56 Å². The van der Waals surface area contributed by atoms with Gasteiger partial charge in [-0.1, -0.05) is 0 Å². The van der Waals surface area contributed by atoms with Crippen LogP contribution in [0.1, 0.15) is 19.6 Å². The Kier molecular flexibility index (Phi) is 5.32. The number of halogens is 1.